The number of hydrogen-bond acceptors (Lipinski definition) is 17. The molecule has 23 heteroatoms. The van der Waals surface area contributed by atoms with Gasteiger partial charge in [0.15, 0.2) is 0 Å². The monoisotopic (exact) mass is 1100 g/mol. The van der Waals surface area contributed by atoms with Gasteiger partial charge in [-0.3, -0.25) is 24.3 Å². The molecule has 0 aromatic heterocycles. The Balaban J connectivity index is 0.000000530. The van der Waals surface area contributed by atoms with E-state index in [2.05, 4.69) is 80.9 Å². The SMILES string of the molecule is CC(=O)OOC(C)=O.CC(C)(C)OC(=O)N1CCC(=O)CC1.CN1C[C@H](Cc2ccc(Cl)cc2)N(C2CCN(C(=O)OC(C)(C)C)CC2)C[C@@H]1CO.CN1C[C@H](Cc2ccc(Cl)cc2)NC[C@@H]1CO.[B-]OC(C)=O.[Na+]. The fourth-order valence-electron chi connectivity index (χ4n) is 8.19. The Morgan fingerprint density at radius 2 is 1.05 bits per heavy atom. The van der Waals surface area contributed by atoms with Crippen LogP contribution in [0.4, 0.5) is 9.59 Å². The predicted molar refractivity (Wildman–Crippen MR) is 284 cm³/mol. The molecule has 4 aliphatic heterocycles. The van der Waals surface area contributed by atoms with E-state index < -0.39 is 29.1 Å². The molecular weight excluding hydrogens is 1020 g/mol. The first-order valence-electron chi connectivity index (χ1n) is 24.9. The minimum atomic E-state index is -0.639. The first-order valence-corrected chi connectivity index (χ1v) is 25.7. The summed E-state index contributed by atoms with van der Waals surface area (Å²) in [6, 6.07) is 17.7. The van der Waals surface area contributed by atoms with Crippen LogP contribution in [0.2, 0.25) is 10.0 Å². The number of benzene rings is 2. The molecule has 2 aromatic carbocycles. The van der Waals surface area contributed by atoms with Crippen molar-refractivity contribution in [2.75, 3.05) is 79.7 Å². The number of rotatable bonds is 7. The Bertz CT molecular complexity index is 2020. The number of ether oxygens (including phenoxy) is 2. The number of nitrogens with zero attached hydrogens (tertiary/aromatic N) is 5. The fourth-order valence-corrected chi connectivity index (χ4v) is 8.44. The topological polar surface area (TPSA) is 217 Å². The number of aliphatic hydroxyl groups excluding tert-OH is 2. The zero-order valence-corrected chi connectivity index (χ0v) is 49.8. The normalized spacial score (nSPS) is 20.5. The van der Waals surface area contributed by atoms with E-state index in [9.17, 15) is 39.0 Å². The molecule has 2 aromatic rings. The van der Waals surface area contributed by atoms with Crippen molar-refractivity contribution in [1.29, 1.82) is 0 Å². The van der Waals surface area contributed by atoms with Crippen molar-refractivity contribution in [2.24, 2.45) is 0 Å². The summed E-state index contributed by atoms with van der Waals surface area (Å²) in [6.45, 7) is 21.1. The zero-order chi connectivity index (χ0) is 55.8. The van der Waals surface area contributed by atoms with E-state index in [0.29, 0.717) is 57.1 Å². The molecule has 4 fully saturated rings. The average molecular weight is 1100 g/mol. The van der Waals surface area contributed by atoms with Gasteiger partial charge in [0.1, 0.15) is 17.0 Å². The number of nitrogens with one attached hydrogen (secondary N) is 1. The van der Waals surface area contributed by atoms with Gasteiger partial charge in [0.2, 0.25) is 5.97 Å². The minimum absolute atomic E-state index is 0. The van der Waals surface area contributed by atoms with Crippen molar-refractivity contribution in [1.82, 2.24) is 29.8 Å². The first-order chi connectivity index (χ1) is 34.6. The van der Waals surface area contributed by atoms with Crippen LogP contribution in [0, 0.1) is 0 Å². The maximum Gasteiger partial charge on any atom is 1.00 e. The molecule has 3 N–H and O–H groups in total. The molecule has 0 bridgehead atoms. The van der Waals surface area contributed by atoms with E-state index in [1.54, 1.807) is 4.90 Å². The number of likely N-dealkylation sites (N-methyl/N-ethyl adjacent to an activating group) is 2. The molecule has 0 saturated carbocycles. The van der Waals surface area contributed by atoms with Crippen molar-refractivity contribution in [3.8, 4) is 0 Å². The average Bonchev–Trinajstić information content (AvgIpc) is 3.32. The van der Waals surface area contributed by atoms with Gasteiger partial charge in [-0.05, 0) is 117 Å². The number of halogens is 2. The molecule has 4 aliphatic rings. The molecule has 2 amide bonds. The Morgan fingerprint density at radius 3 is 1.44 bits per heavy atom. The number of carbonyl (C=O) groups excluding carboxylic acids is 6. The van der Waals surface area contributed by atoms with Gasteiger partial charge in [0, 0.05) is 126 Å². The number of piperidine rings is 2. The summed E-state index contributed by atoms with van der Waals surface area (Å²) in [6.07, 6.45) is 4.19. The van der Waals surface area contributed by atoms with Crippen molar-refractivity contribution in [3.05, 3.63) is 69.7 Å². The number of piperazine rings is 2. The van der Waals surface area contributed by atoms with Crippen LogP contribution in [-0.2, 0) is 55.9 Å². The molecule has 6 rings (SSSR count). The van der Waals surface area contributed by atoms with E-state index in [0.717, 1.165) is 75.8 Å². The fraction of sp³-hybridized carbons (Fsp3) is 0.654. The van der Waals surface area contributed by atoms with E-state index >= 15 is 0 Å². The van der Waals surface area contributed by atoms with Crippen molar-refractivity contribution in [2.45, 2.75) is 142 Å². The Kier molecular flexibility index (Phi) is 32.5. The second-order valence-electron chi connectivity index (χ2n) is 20.6. The largest absolute Gasteiger partial charge is 1.00 e. The molecule has 19 nitrogen and oxygen atoms in total. The molecule has 4 saturated heterocycles. The molecule has 4 atom stereocenters. The number of aliphatic hydroxyl groups is 2. The number of Topliss-reactive ketones (excluding diaryl/α,β-unsaturated/α-hetero) is 1. The second-order valence-corrected chi connectivity index (χ2v) is 21.5. The Labute approximate surface area is 478 Å². The van der Waals surface area contributed by atoms with Gasteiger partial charge in [0.05, 0.1) is 13.2 Å². The number of ketones is 1. The molecule has 3 radical (unpaired) electrons. The van der Waals surface area contributed by atoms with E-state index in [-0.39, 0.29) is 72.8 Å². The van der Waals surface area contributed by atoms with Gasteiger partial charge in [-0.25, -0.2) is 29.0 Å². The molecule has 0 aliphatic carbocycles. The van der Waals surface area contributed by atoms with Gasteiger partial charge in [-0.1, -0.05) is 47.5 Å². The standard InChI is InChI=1S/C23H36ClN3O3.C13H19ClN2O.C10H17NO3.C4H6O4.C2H3BO2.Na/c1-23(2,3)30-22(29)26-11-9-19(10-12-26)27-15-21(16-28)25(4)14-20(27)13-17-5-7-18(24)8-6-17;1-16-8-12(15-7-13(16)9-17)6-10-2-4-11(14)5-3-10;1-10(2,3)14-9(13)11-6-4-8(12)5-7-11;1-3(5)7-8-4(2)6;1-2(4)5-3;/h5-8,19-21,28H,9-16H2,1-4H3;2-5,12-13,15,17H,6-9H2,1H3;4-7H2,1-3H3;1-2H3;1H3;/q;;;;-1;+1/t20-,21+;12-,13+;;;;/m00..../s1. The summed E-state index contributed by atoms with van der Waals surface area (Å²) in [5, 5.41) is 24.0. The Morgan fingerprint density at radius 1 is 0.640 bits per heavy atom. The van der Waals surface area contributed by atoms with Crippen LogP contribution in [-0.4, -0.2) is 200 Å². The summed E-state index contributed by atoms with van der Waals surface area (Å²) >= 11 is 11.9. The van der Waals surface area contributed by atoms with Crippen LogP contribution in [0.25, 0.3) is 0 Å². The van der Waals surface area contributed by atoms with Crippen LogP contribution in [0.5, 0.6) is 0 Å². The van der Waals surface area contributed by atoms with Gasteiger partial charge >= 0.3 is 53.7 Å². The van der Waals surface area contributed by atoms with Gasteiger partial charge < -0.3 is 47.5 Å². The Hall–Kier alpha value is -3.54. The third-order valence-corrected chi connectivity index (χ3v) is 12.5. The summed E-state index contributed by atoms with van der Waals surface area (Å²) in [4.78, 5) is 82.1. The third kappa shape index (κ3) is 29.1. The van der Waals surface area contributed by atoms with Crippen molar-refractivity contribution >= 4 is 67.1 Å². The third-order valence-electron chi connectivity index (χ3n) is 12.0. The smallest absolute Gasteiger partial charge is 0.793 e. The van der Waals surface area contributed by atoms with Crippen LogP contribution in [0.3, 0.4) is 0 Å². The molecule has 0 unspecified atom stereocenters. The second kappa shape index (κ2) is 35.1. The predicted octanol–water partition coefficient (Wildman–Crippen LogP) is 2.66. The molecule has 4 heterocycles. The summed E-state index contributed by atoms with van der Waals surface area (Å²) in [5.74, 6) is -1.52. The zero-order valence-electron chi connectivity index (χ0n) is 46.3. The maximum absolute atomic E-state index is 12.4. The van der Waals surface area contributed by atoms with Crippen molar-refractivity contribution < 1.29 is 92.4 Å². The quantitative estimate of drug-likeness (QED) is 0.206. The minimum Gasteiger partial charge on any atom is -0.793 e. The first kappa shape index (κ1) is 69.5. The van der Waals surface area contributed by atoms with Crippen LogP contribution in [0.1, 0.15) is 99.1 Å². The molecule has 0 spiro atoms. The van der Waals surface area contributed by atoms with Gasteiger partial charge in [-0.15, -0.1) is 0 Å². The van der Waals surface area contributed by atoms with E-state index in [4.69, 9.17) is 32.7 Å². The molecule has 75 heavy (non-hydrogen) atoms. The number of carbonyl (C=O) groups is 6. The van der Waals surface area contributed by atoms with Gasteiger partial charge in [-0.2, -0.15) is 0 Å². The molecular formula is C52H81BCl2N6NaO13. The summed E-state index contributed by atoms with van der Waals surface area (Å²) in [5.41, 5.74) is 1.64. The van der Waals surface area contributed by atoms with E-state index in [1.807, 2.05) is 70.7 Å². The van der Waals surface area contributed by atoms with Crippen molar-refractivity contribution in [3.63, 3.8) is 0 Å². The van der Waals surface area contributed by atoms with E-state index in [1.165, 1.54) is 18.1 Å². The van der Waals surface area contributed by atoms with Gasteiger partial charge in [0.25, 0.3) is 0 Å². The summed E-state index contributed by atoms with van der Waals surface area (Å²) < 4.78 is 14.3. The number of likely N-dealkylation sites (tertiary alicyclic amines) is 2. The maximum atomic E-state index is 12.4. The van der Waals surface area contributed by atoms with Crippen LogP contribution in [0.15, 0.2) is 48.5 Å². The van der Waals surface area contributed by atoms with Crippen LogP contribution >= 0.6 is 23.2 Å². The number of amides is 2. The molecule has 415 valence electrons. The number of hydrogen-bond donors (Lipinski definition) is 3. The summed E-state index contributed by atoms with van der Waals surface area (Å²) in [7, 11) is 8.48. The van der Waals surface area contributed by atoms with Crippen LogP contribution < -0.4 is 34.9 Å².